The molecule has 2 aliphatic rings. The number of rotatable bonds is 4. The summed E-state index contributed by atoms with van der Waals surface area (Å²) in [6.45, 7) is 6.10. The van der Waals surface area contributed by atoms with E-state index in [1.165, 1.54) is 19.3 Å². The number of benzene rings is 2. The van der Waals surface area contributed by atoms with Crippen LogP contribution in [0.25, 0.3) is 10.8 Å². The summed E-state index contributed by atoms with van der Waals surface area (Å²) >= 11 is 0. The van der Waals surface area contributed by atoms with Crippen molar-refractivity contribution in [2.24, 2.45) is 0 Å². The highest BCUT2D eigenvalue weighted by Crippen LogP contribution is 2.27. The maximum atomic E-state index is 13.4. The largest absolute Gasteiger partial charge is 0.354 e. The third kappa shape index (κ3) is 4.04. The molecule has 0 bridgehead atoms. The van der Waals surface area contributed by atoms with Crippen LogP contribution in [0.1, 0.15) is 25.0 Å². The first kappa shape index (κ1) is 21.2. The Morgan fingerprint density at radius 2 is 1.50 bits per heavy atom. The first-order valence-corrected chi connectivity index (χ1v) is 12.8. The Morgan fingerprint density at radius 3 is 2.28 bits per heavy atom. The zero-order valence-corrected chi connectivity index (χ0v) is 19.3. The topological polar surface area (TPSA) is 69.6 Å². The molecule has 168 valence electrons. The third-order valence-corrected chi connectivity index (χ3v) is 8.35. The van der Waals surface area contributed by atoms with E-state index in [0.717, 1.165) is 41.3 Å². The van der Waals surface area contributed by atoms with Crippen LogP contribution in [-0.4, -0.2) is 62.0 Å². The second-order valence-corrected chi connectivity index (χ2v) is 10.5. The summed E-state index contributed by atoms with van der Waals surface area (Å²) in [5.74, 6) is 1.69. The SMILES string of the molecule is Cc1cc(N2CCN(S(=O)(=O)c3cccc4ccccc34)CC2)nc(N2CCCCC2)n1. The highest BCUT2D eigenvalue weighted by atomic mass is 32.2. The molecule has 3 aromatic rings. The zero-order valence-electron chi connectivity index (χ0n) is 18.4. The van der Waals surface area contributed by atoms with Crippen LogP contribution in [-0.2, 0) is 10.0 Å². The van der Waals surface area contributed by atoms with Crippen molar-refractivity contribution >= 4 is 32.6 Å². The number of aromatic nitrogens is 2. The lowest BCUT2D eigenvalue weighted by molar-refractivity contribution is 0.384. The molecule has 2 aromatic carbocycles. The minimum absolute atomic E-state index is 0.384. The van der Waals surface area contributed by atoms with Crippen molar-refractivity contribution < 1.29 is 8.42 Å². The van der Waals surface area contributed by atoms with Gasteiger partial charge in [-0.2, -0.15) is 9.29 Å². The molecule has 7 nitrogen and oxygen atoms in total. The molecule has 2 saturated heterocycles. The van der Waals surface area contributed by atoms with E-state index in [9.17, 15) is 8.42 Å². The monoisotopic (exact) mass is 451 g/mol. The van der Waals surface area contributed by atoms with Crippen molar-refractivity contribution in [2.75, 3.05) is 49.1 Å². The number of hydrogen-bond donors (Lipinski definition) is 0. The first-order chi connectivity index (χ1) is 15.5. The van der Waals surface area contributed by atoms with Crippen molar-refractivity contribution in [3.05, 3.63) is 54.2 Å². The van der Waals surface area contributed by atoms with Crippen LogP contribution in [0.5, 0.6) is 0 Å². The highest BCUT2D eigenvalue weighted by molar-refractivity contribution is 7.89. The summed E-state index contributed by atoms with van der Waals surface area (Å²) in [5, 5.41) is 1.71. The van der Waals surface area contributed by atoms with Crippen LogP contribution >= 0.6 is 0 Å². The van der Waals surface area contributed by atoms with E-state index in [-0.39, 0.29) is 0 Å². The normalized spacial score (nSPS) is 18.3. The molecule has 0 radical (unpaired) electrons. The molecule has 0 spiro atoms. The van der Waals surface area contributed by atoms with E-state index in [1.54, 1.807) is 10.4 Å². The fourth-order valence-electron chi connectivity index (χ4n) is 4.65. The Bertz CT molecular complexity index is 1210. The maximum absolute atomic E-state index is 13.4. The molecule has 8 heteroatoms. The van der Waals surface area contributed by atoms with Gasteiger partial charge in [0.15, 0.2) is 0 Å². The van der Waals surface area contributed by atoms with Crippen LogP contribution in [0.15, 0.2) is 53.4 Å². The summed E-state index contributed by atoms with van der Waals surface area (Å²) in [7, 11) is -3.56. The van der Waals surface area contributed by atoms with Gasteiger partial charge in [0, 0.05) is 56.4 Å². The molecule has 2 aliphatic heterocycles. The summed E-state index contributed by atoms with van der Waals surface area (Å²) in [6, 6.07) is 15.1. The average molecular weight is 452 g/mol. The minimum Gasteiger partial charge on any atom is -0.354 e. The van der Waals surface area contributed by atoms with Crippen LogP contribution in [0.3, 0.4) is 0 Å². The first-order valence-electron chi connectivity index (χ1n) is 11.4. The molecule has 1 aromatic heterocycles. The molecular formula is C24H29N5O2S. The number of anilines is 2. The van der Waals surface area contributed by atoms with Gasteiger partial charge < -0.3 is 9.80 Å². The fraction of sp³-hybridized carbons (Fsp3) is 0.417. The van der Waals surface area contributed by atoms with Crippen molar-refractivity contribution in [3.8, 4) is 0 Å². The molecule has 0 amide bonds. The molecule has 0 N–H and O–H groups in total. The van der Waals surface area contributed by atoms with Crippen molar-refractivity contribution in [1.29, 1.82) is 0 Å². The molecule has 0 aliphatic carbocycles. The van der Waals surface area contributed by atoms with Crippen LogP contribution in [0, 0.1) is 6.92 Å². The van der Waals surface area contributed by atoms with Gasteiger partial charge in [-0.3, -0.25) is 0 Å². The summed E-state index contributed by atoms with van der Waals surface area (Å²) in [6.07, 6.45) is 3.62. The number of nitrogens with zero attached hydrogens (tertiary/aromatic N) is 5. The third-order valence-electron chi connectivity index (χ3n) is 6.40. The fourth-order valence-corrected chi connectivity index (χ4v) is 6.29. The molecule has 0 saturated carbocycles. The average Bonchev–Trinajstić information content (AvgIpc) is 2.84. The number of piperidine rings is 1. The van der Waals surface area contributed by atoms with E-state index in [1.807, 2.05) is 49.4 Å². The number of hydrogen-bond acceptors (Lipinski definition) is 6. The van der Waals surface area contributed by atoms with Gasteiger partial charge in [0.05, 0.1) is 4.90 Å². The van der Waals surface area contributed by atoms with E-state index >= 15 is 0 Å². The number of piperazine rings is 1. The lowest BCUT2D eigenvalue weighted by Crippen LogP contribution is -2.49. The second kappa shape index (κ2) is 8.67. The van der Waals surface area contributed by atoms with Gasteiger partial charge in [-0.15, -0.1) is 0 Å². The molecule has 5 rings (SSSR count). The van der Waals surface area contributed by atoms with Crippen molar-refractivity contribution in [2.45, 2.75) is 31.1 Å². The Kier molecular flexibility index (Phi) is 5.73. The summed E-state index contributed by atoms with van der Waals surface area (Å²) in [4.78, 5) is 14.3. The van der Waals surface area contributed by atoms with Gasteiger partial charge in [0.2, 0.25) is 16.0 Å². The minimum atomic E-state index is -3.56. The van der Waals surface area contributed by atoms with Gasteiger partial charge in [0.25, 0.3) is 0 Å². The maximum Gasteiger partial charge on any atom is 0.243 e. The standard InChI is InChI=1S/C24H29N5O2S/c1-19-18-23(26-24(25-19)28-12-5-2-6-13-28)27-14-16-29(17-15-27)32(30,31)22-11-7-9-20-8-3-4-10-21(20)22/h3-4,7-11,18H,2,5-6,12-17H2,1H3. The van der Waals surface area contributed by atoms with E-state index in [4.69, 9.17) is 4.98 Å². The van der Waals surface area contributed by atoms with Gasteiger partial charge in [-0.1, -0.05) is 36.4 Å². The van der Waals surface area contributed by atoms with Crippen LogP contribution in [0.4, 0.5) is 11.8 Å². The van der Waals surface area contributed by atoms with Gasteiger partial charge in [0.1, 0.15) is 5.82 Å². The molecular weight excluding hydrogens is 422 g/mol. The van der Waals surface area contributed by atoms with Crippen molar-refractivity contribution in [3.63, 3.8) is 0 Å². The Balaban J connectivity index is 1.34. The van der Waals surface area contributed by atoms with Gasteiger partial charge >= 0.3 is 0 Å². The lowest BCUT2D eigenvalue weighted by atomic mass is 10.1. The van der Waals surface area contributed by atoms with Crippen LogP contribution in [0.2, 0.25) is 0 Å². The summed E-state index contributed by atoms with van der Waals surface area (Å²) in [5.41, 5.74) is 0.946. The zero-order chi connectivity index (χ0) is 22.1. The van der Waals surface area contributed by atoms with Crippen LogP contribution < -0.4 is 9.80 Å². The Labute approximate surface area is 189 Å². The number of fused-ring (bicyclic) bond motifs is 1. The second-order valence-electron chi connectivity index (χ2n) is 8.58. The highest BCUT2D eigenvalue weighted by Gasteiger charge is 2.30. The van der Waals surface area contributed by atoms with Gasteiger partial charge in [-0.25, -0.2) is 13.4 Å². The smallest absolute Gasteiger partial charge is 0.243 e. The van der Waals surface area contributed by atoms with Crippen molar-refractivity contribution in [1.82, 2.24) is 14.3 Å². The Hall–Kier alpha value is -2.71. The summed E-state index contributed by atoms with van der Waals surface area (Å²) < 4.78 is 28.5. The predicted octanol–water partition coefficient (Wildman–Crippen LogP) is 3.44. The molecule has 2 fully saturated rings. The Morgan fingerprint density at radius 1 is 0.781 bits per heavy atom. The predicted molar refractivity (Wildman–Crippen MR) is 128 cm³/mol. The lowest BCUT2D eigenvalue weighted by Gasteiger charge is -2.35. The van der Waals surface area contributed by atoms with E-state index in [2.05, 4.69) is 14.8 Å². The van der Waals surface area contributed by atoms with E-state index < -0.39 is 10.0 Å². The number of sulfonamides is 1. The molecule has 0 unspecified atom stereocenters. The number of aryl methyl sites for hydroxylation is 1. The molecule has 3 heterocycles. The quantitative estimate of drug-likeness (QED) is 0.605. The van der Waals surface area contributed by atoms with Gasteiger partial charge in [-0.05, 0) is 37.6 Å². The molecule has 32 heavy (non-hydrogen) atoms. The molecule has 0 atom stereocenters. The van der Waals surface area contributed by atoms with E-state index in [0.29, 0.717) is 31.1 Å².